The fourth-order valence-corrected chi connectivity index (χ4v) is 2.43. The molecule has 0 aromatic carbocycles. The van der Waals surface area contributed by atoms with Gasteiger partial charge in [-0.15, -0.1) is 0 Å². The van der Waals surface area contributed by atoms with Crippen LogP contribution in [0.15, 0.2) is 0 Å². The van der Waals surface area contributed by atoms with Crippen LogP contribution in [0.4, 0.5) is 0 Å². The van der Waals surface area contributed by atoms with Crippen LogP contribution in [0.25, 0.3) is 0 Å². The summed E-state index contributed by atoms with van der Waals surface area (Å²) in [5.74, 6) is -3.78. The maximum absolute atomic E-state index is 11.1. The maximum Gasteiger partial charge on any atom is 0.318 e. The quantitative estimate of drug-likeness (QED) is 0.589. The highest BCUT2D eigenvalue weighted by atomic mass is 16.4. The highest BCUT2D eigenvalue weighted by molar-refractivity contribution is 5.93. The number of carbonyl (C=O) groups is 2. The summed E-state index contributed by atoms with van der Waals surface area (Å²) < 4.78 is 0. The Balaban J connectivity index is 4.81. The Bertz CT molecular complexity index is 249. The molecule has 2 unspecified atom stereocenters. The highest BCUT2D eigenvalue weighted by Gasteiger charge is 2.37. The van der Waals surface area contributed by atoms with Crippen molar-refractivity contribution in [1.29, 1.82) is 0 Å². The lowest BCUT2D eigenvalue weighted by atomic mass is 9.77. The number of hydrogen-bond donors (Lipinski definition) is 2. The van der Waals surface area contributed by atoms with Gasteiger partial charge in [0.25, 0.3) is 0 Å². The van der Waals surface area contributed by atoms with E-state index in [4.69, 9.17) is 10.2 Å². The van der Waals surface area contributed by atoms with E-state index < -0.39 is 17.9 Å². The van der Waals surface area contributed by atoms with E-state index in [1.165, 1.54) is 0 Å². The molecular formula is C14H26O4. The second-order valence-electron chi connectivity index (χ2n) is 5.08. The standard InChI is InChI=1S/C14H26O4/c1-4-6-8-10(3)11(9-7-5-2)12(13(15)16)14(17)18/h10-12H,4-9H2,1-3H3,(H,15,16)(H,17,18). The van der Waals surface area contributed by atoms with Crippen LogP contribution in [-0.4, -0.2) is 22.2 Å². The van der Waals surface area contributed by atoms with E-state index >= 15 is 0 Å². The van der Waals surface area contributed by atoms with Crippen LogP contribution in [0, 0.1) is 17.8 Å². The molecule has 0 aliphatic rings. The monoisotopic (exact) mass is 258 g/mol. The normalized spacial score (nSPS) is 14.4. The van der Waals surface area contributed by atoms with Crippen LogP contribution in [0.3, 0.4) is 0 Å². The molecule has 18 heavy (non-hydrogen) atoms. The molecule has 2 N–H and O–H groups in total. The van der Waals surface area contributed by atoms with Crippen molar-refractivity contribution in [3.63, 3.8) is 0 Å². The maximum atomic E-state index is 11.1. The fourth-order valence-electron chi connectivity index (χ4n) is 2.43. The number of unbranched alkanes of at least 4 members (excludes halogenated alkanes) is 2. The minimum atomic E-state index is -1.26. The molecule has 0 saturated carbocycles. The average molecular weight is 258 g/mol. The van der Waals surface area contributed by atoms with E-state index in [1.54, 1.807) is 0 Å². The summed E-state index contributed by atoms with van der Waals surface area (Å²) in [6.45, 7) is 6.10. The molecule has 0 spiro atoms. The third-order valence-corrected chi connectivity index (χ3v) is 3.60. The van der Waals surface area contributed by atoms with Crippen molar-refractivity contribution >= 4 is 11.9 Å². The Hall–Kier alpha value is -1.06. The van der Waals surface area contributed by atoms with Crippen molar-refractivity contribution in [2.24, 2.45) is 17.8 Å². The van der Waals surface area contributed by atoms with E-state index in [0.717, 1.165) is 32.1 Å². The Kier molecular flexibility index (Phi) is 8.42. The first-order chi connectivity index (χ1) is 8.45. The molecular weight excluding hydrogens is 232 g/mol. The van der Waals surface area contributed by atoms with Crippen LogP contribution in [0.2, 0.25) is 0 Å². The third-order valence-electron chi connectivity index (χ3n) is 3.60. The molecule has 0 aliphatic carbocycles. The first kappa shape index (κ1) is 16.9. The summed E-state index contributed by atoms with van der Waals surface area (Å²) in [6.07, 6.45) is 5.51. The highest BCUT2D eigenvalue weighted by Crippen LogP contribution is 2.30. The Morgan fingerprint density at radius 3 is 1.78 bits per heavy atom. The van der Waals surface area contributed by atoms with E-state index in [1.807, 2.05) is 13.8 Å². The molecule has 0 aromatic heterocycles. The van der Waals surface area contributed by atoms with Gasteiger partial charge in [-0.1, -0.05) is 52.9 Å². The lowest BCUT2D eigenvalue weighted by molar-refractivity contribution is -0.158. The second-order valence-corrected chi connectivity index (χ2v) is 5.08. The predicted molar refractivity (Wildman–Crippen MR) is 70.5 cm³/mol. The van der Waals surface area contributed by atoms with Gasteiger partial charge in [-0.2, -0.15) is 0 Å². The summed E-state index contributed by atoms with van der Waals surface area (Å²) in [5.41, 5.74) is 0. The van der Waals surface area contributed by atoms with Gasteiger partial charge in [-0.3, -0.25) is 9.59 Å². The van der Waals surface area contributed by atoms with Crippen molar-refractivity contribution in [3.8, 4) is 0 Å². The lowest BCUT2D eigenvalue weighted by Gasteiger charge is -2.27. The number of carboxylic acid groups (broad SMARTS) is 2. The minimum absolute atomic E-state index is 0.147. The first-order valence-corrected chi connectivity index (χ1v) is 6.91. The van der Waals surface area contributed by atoms with Gasteiger partial charge in [0.1, 0.15) is 0 Å². The zero-order valence-electron chi connectivity index (χ0n) is 11.7. The van der Waals surface area contributed by atoms with Gasteiger partial charge in [0.15, 0.2) is 5.92 Å². The molecule has 2 atom stereocenters. The minimum Gasteiger partial charge on any atom is -0.481 e. The van der Waals surface area contributed by atoms with Gasteiger partial charge in [0.2, 0.25) is 0 Å². The van der Waals surface area contributed by atoms with Crippen LogP contribution < -0.4 is 0 Å². The van der Waals surface area contributed by atoms with Crippen molar-refractivity contribution in [3.05, 3.63) is 0 Å². The molecule has 0 rings (SSSR count). The number of carboxylic acids is 2. The average Bonchev–Trinajstić information content (AvgIpc) is 2.30. The zero-order chi connectivity index (χ0) is 14.1. The van der Waals surface area contributed by atoms with Crippen LogP contribution in [0.5, 0.6) is 0 Å². The van der Waals surface area contributed by atoms with E-state index in [2.05, 4.69) is 6.92 Å². The molecule has 0 aliphatic heterocycles. The Morgan fingerprint density at radius 1 is 0.944 bits per heavy atom. The van der Waals surface area contributed by atoms with Gasteiger partial charge in [0, 0.05) is 0 Å². The smallest absolute Gasteiger partial charge is 0.318 e. The molecule has 4 nitrogen and oxygen atoms in total. The van der Waals surface area contributed by atoms with Crippen LogP contribution >= 0.6 is 0 Å². The molecule has 0 bridgehead atoms. The molecule has 4 heteroatoms. The number of rotatable bonds is 10. The van der Waals surface area contributed by atoms with E-state index in [0.29, 0.717) is 6.42 Å². The van der Waals surface area contributed by atoms with Gasteiger partial charge in [-0.25, -0.2) is 0 Å². The largest absolute Gasteiger partial charge is 0.481 e. The second kappa shape index (κ2) is 8.95. The van der Waals surface area contributed by atoms with Gasteiger partial charge >= 0.3 is 11.9 Å². The number of aliphatic carboxylic acids is 2. The predicted octanol–water partition coefficient (Wildman–Crippen LogP) is 3.40. The topological polar surface area (TPSA) is 74.6 Å². The lowest BCUT2D eigenvalue weighted by Crippen LogP contribution is -2.34. The summed E-state index contributed by atoms with van der Waals surface area (Å²) in [4.78, 5) is 22.3. The molecule has 0 amide bonds. The van der Waals surface area contributed by atoms with E-state index in [-0.39, 0.29) is 11.8 Å². The van der Waals surface area contributed by atoms with E-state index in [9.17, 15) is 9.59 Å². The summed E-state index contributed by atoms with van der Waals surface area (Å²) in [5, 5.41) is 18.2. The zero-order valence-corrected chi connectivity index (χ0v) is 11.7. The molecule has 0 saturated heterocycles. The Morgan fingerprint density at radius 2 is 1.39 bits per heavy atom. The van der Waals surface area contributed by atoms with Gasteiger partial charge in [-0.05, 0) is 18.3 Å². The van der Waals surface area contributed by atoms with Crippen molar-refractivity contribution in [2.75, 3.05) is 0 Å². The summed E-state index contributed by atoms with van der Waals surface area (Å²) >= 11 is 0. The molecule has 0 aromatic rings. The molecule has 106 valence electrons. The van der Waals surface area contributed by atoms with Gasteiger partial charge < -0.3 is 10.2 Å². The van der Waals surface area contributed by atoms with Crippen LogP contribution in [0.1, 0.15) is 59.3 Å². The van der Waals surface area contributed by atoms with Crippen LogP contribution in [-0.2, 0) is 9.59 Å². The van der Waals surface area contributed by atoms with Gasteiger partial charge in [0.05, 0.1) is 0 Å². The number of hydrogen-bond acceptors (Lipinski definition) is 2. The fraction of sp³-hybridized carbons (Fsp3) is 0.857. The Labute approximate surface area is 109 Å². The molecule has 0 radical (unpaired) electrons. The van der Waals surface area contributed by atoms with Crippen molar-refractivity contribution in [2.45, 2.75) is 59.3 Å². The van der Waals surface area contributed by atoms with Crippen molar-refractivity contribution in [1.82, 2.24) is 0 Å². The SMILES string of the molecule is CCCCC(C)C(CCCC)C(C(=O)O)C(=O)O. The summed E-state index contributed by atoms with van der Waals surface area (Å²) in [6, 6.07) is 0. The van der Waals surface area contributed by atoms with Crippen molar-refractivity contribution < 1.29 is 19.8 Å². The molecule has 0 heterocycles. The third kappa shape index (κ3) is 5.52. The summed E-state index contributed by atoms with van der Waals surface area (Å²) in [7, 11) is 0. The first-order valence-electron chi connectivity index (χ1n) is 6.91. The molecule has 0 fully saturated rings.